The lowest BCUT2D eigenvalue weighted by molar-refractivity contribution is -0.137. The SMILES string of the molecule is COCCN1CC(C(=O)N(CC(=O)O)c2ccccc2)CC1=O. The number of carboxylic acids is 1. The summed E-state index contributed by atoms with van der Waals surface area (Å²) >= 11 is 0. The van der Waals surface area contributed by atoms with Gasteiger partial charge in [-0.05, 0) is 12.1 Å². The van der Waals surface area contributed by atoms with Crippen molar-refractivity contribution >= 4 is 23.5 Å². The molecule has 2 rings (SSSR count). The third-order valence-corrected chi connectivity index (χ3v) is 3.76. The van der Waals surface area contributed by atoms with E-state index in [0.29, 0.717) is 25.4 Å². The number of hydrogen-bond donors (Lipinski definition) is 1. The van der Waals surface area contributed by atoms with Crippen LogP contribution in [0.15, 0.2) is 30.3 Å². The zero-order valence-electron chi connectivity index (χ0n) is 13.0. The van der Waals surface area contributed by atoms with Gasteiger partial charge in [0.1, 0.15) is 6.54 Å². The zero-order valence-corrected chi connectivity index (χ0v) is 13.0. The lowest BCUT2D eigenvalue weighted by Gasteiger charge is -2.24. The van der Waals surface area contributed by atoms with Crippen molar-refractivity contribution in [1.82, 2.24) is 4.90 Å². The number of amides is 2. The van der Waals surface area contributed by atoms with Gasteiger partial charge in [-0.25, -0.2) is 0 Å². The first-order valence-electron chi connectivity index (χ1n) is 7.38. The predicted molar refractivity (Wildman–Crippen MR) is 83.0 cm³/mol. The molecule has 1 aromatic rings. The smallest absolute Gasteiger partial charge is 0.323 e. The van der Waals surface area contributed by atoms with Crippen LogP contribution in [0.1, 0.15) is 6.42 Å². The van der Waals surface area contributed by atoms with Gasteiger partial charge in [-0.3, -0.25) is 14.4 Å². The van der Waals surface area contributed by atoms with Gasteiger partial charge in [-0.15, -0.1) is 0 Å². The number of para-hydroxylation sites is 1. The maximum Gasteiger partial charge on any atom is 0.323 e. The highest BCUT2D eigenvalue weighted by Gasteiger charge is 2.37. The third-order valence-electron chi connectivity index (χ3n) is 3.76. The normalized spacial score (nSPS) is 17.3. The number of carbonyl (C=O) groups excluding carboxylic acids is 2. The standard InChI is InChI=1S/C16H20N2O5/c1-23-8-7-17-10-12(9-14(17)19)16(22)18(11-15(20)21)13-5-3-2-4-6-13/h2-6,12H,7-11H2,1H3,(H,20,21). The topological polar surface area (TPSA) is 87.2 Å². The molecule has 1 aliphatic rings. The Bertz CT molecular complexity index is 575. The highest BCUT2D eigenvalue weighted by atomic mass is 16.5. The molecule has 1 N–H and O–H groups in total. The number of hydrogen-bond acceptors (Lipinski definition) is 4. The van der Waals surface area contributed by atoms with E-state index in [9.17, 15) is 14.4 Å². The fraction of sp³-hybridized carbons (Fsp3) is 0.438. The van der Waals surface area contributed by atoms with Gasteiger partial charge in [0.15, 0.2) is 0 Å². The average molecular weight is 320 g/mol. The van der Waals surface area contributed by atoms with Gasteiger partial charge in [-0.1, -0.05) is 18.2 Å². The average Bonchev–Trinajstić information content (AvgIpc) is 2.91. The monoisotopic (exact) mass is 320 g/mol. The number of aliphatic carboxylic acids is 1. The Balaban J connectivity index is 2.12. The van der Waals surface area contributed by atoms with E-state index in [1.165, 1.54) is 4.90 Å². The van der Waals surface area contributed by atoms with Crippen LogP contribution < -0.4 is 4.90 Å². The highest BCUT2D eigenvalue weighted by molar-refractivity contribution is 6.01. The van der Waals surface area contributed by atoms with Crippen LogP contribution in [0.3, 0.4) is 0 Å². The molecule has 7 nitrogen and oxygen atoms in total. The van der Waals surface area contributed by atoms with Gasteiger partial charge < -0.3 is 19.6 Å². The van der Waals surface area contributed by atoms with Gasteiger partial charge in [0.2, 0.25) is 11.8 Å². The molecule has 0 radical (unpaired) electrons. The summed E-state index contributed by atoms with van der Waals surface area (Å²) in [5.74, 6) is -2.07. The lowest BCUT2D eigenvalue weighted by atomic mass is 10.1. The van der Waals surface area contributed by atoms with Crippen LogP contribution >= 0.6 is 0 Å². The van der Waals surface area contributed by atoms with E-state index in [1.54, 1.807) is 42.3 Å². The lowest BCUT2D eigenvalue weighted by Crippen LogP contribution is -2.41. The number of anilines is 1. The second-order valence-corrected chi connectivity index (χ2v) is 5.39. The molecule has 0 bridgehead atoms. The number of methoxy groups -OCH3 is 1. The fourth-order valence-electron chi connectivity index (χ4n) is 2.62. The van der Waals surface area contributed by atoms with Gasteiger partial charge in [0.05, 0.1) is 12.5 Å². The van der Waals surface area contributed by atoms with Gasteiger partial charge in [0.25, 0.3) is 0 Å². The number of carboxylic acid groups (broad SMARTS) is 1. The van der Waals surface area contributed by atoms with Crippen LogP contribution in [0.5, 0.6) is 0 Å². The Morgan fingerprint density at radius 2 is 2.04 bits per heavy atom. The van der Waals surface area contributed by atoms with Gasteiger partial charge in [-0.2, -0.15) is 0 Å². The number of likely N-dealkylation sites (tertiary alicyclic amines) is 1. The molecule has 0 aromatic heterocycles. The Hall–Kier alpha value is -2.41. The fourth-order valence-corrected chi connectivity index (χ4v) is 2.62. The molecule has 1 aliphatic heterocycles. The molecular weight excluding hydrogens is 300 g/mol. The first-order chi connectivity index (χ1) is 11.0. The van der Waals surface area contributed by atoms with E-state index in [2.05, 4.69) is 0 Å². The first-order valence-corrected chi connectivity index (χ1v) is 7.38. The minimum absolute atomic E-state index is 0.103. The predicted octanol–water partition coefficient (Wildman–Crippen LogP) is 0.599. The van der Waals surface area contributed by atoms with Gasteiger partial charge in [0, 0.05) is 32.3 Å². The molecule has 0 spiro atoms. The Morgan fingerprint density at radius 3 is 2.65 bits per heavy atom. The molecule has 1 atom stereocenters. The van der Waals surface area contributed by atoms with Crippen molar-refractivity contribution in [3.63, 3.8) is 0 Å². The zero-order chi connectivity index (χ0) is 16.8. The van der Waals surface area contributed by atoms with Crippen LogP contribution in [-0.4, -0.2) is 61.1 Å². The van der Waals surface area contributed by atoms with Crippen molar-refractivity contribution in [3.05, 3.63) is 30.3 Å². The minimum Gasteiger partial charge on any atom is -0.480 e. The van der Waals surface area contributed by atoms with Crippen molar-refractivity contribution in [3.8, 4) is 0 Å². The summed E-state index contributed by atoms with van der Waals surface area (Å²) in [4.78, 5) is 38.5. The van der Waals surface area contributed by atoms with Crippen molar-refractivity contribution in [2.45, 2.75) is 6.42 Å². The van der Waals surface area contributed by atoms with E-state index in [-0.39, 0.29) is 18.2 Å². The van der Waals surface area contributed by atoms with E-state index in [0.717, 1.165) is 0 Å². The molecule has 0 aliphatic carbocycles. The van der Waals surface area contributed by atoms with E-state index < -0.39 is 18.4 Å². The third kappa shape index (κ3) is 4.29. The maximum atomic E-state index is 12.7. The molecule has 1 fully saturated rings. The van der Waals surface area contributed by atoms with Crippen molar-refractivity contribution in [2.75, 3.05) is 38.3 Å². The molecule has 23 heavy (non-hydrogen) atoms. The summed E-state index contributed by atoms with van der Waals surface area (Å²) in [5.41, 5.74) is 0.516. The number of rotatable bonds is 7. The van der Waals surface area contributed by atoms with Crippen LogP contribution in [0.25, 0.3) is 0 Å². The molecule has 124 valence electrons. The van der Waals surface area contributed by atoms with Gasteiger partial charge >= 0.3 is 5.97 Å². The van der Waals surface area contributed by atoms with Crippen molar-refractivity contribution in [2.24, 2.45) is 5.92 Å². The Morgan fingerprint density at radius 1 is 1.35 bits per heavy atom. The van der Waals surface area contributed by atoms with Crippen LogP contribution in [0.4, 0.5) is 5.69 Å². The second kappa shape index (κ2) is 7.73. The quantitative estimate of drug-likeness (QED) is 0.795. The molecule has 1 aromatic carbocycles. The van der Waals surface area contributed by atoms with Crippen LogP contribution in [-0.2, 0) is 19.1 Å². The molecule has 0 saturated carbocycles. The summed E-state index contributed by atoms with van der Waals surface area (Å²) in [7, 11) is 1.55. The molecule has 2 amide bonds. The summed E-state index contributed by atoms with van der Waals surface area (Å²) < 4.78 is 4.95. The number of ether oxygens (including phenoxy) is 1. The molecule has 7 heteroatoms. The maximum absolute atomic E-state index is 12.7. The molecule has 1 unspecified atom stereocenters. The van der Waals surface area contributed by atoms with Crippen molar-refractivity contribution in [1.29, 1.82) is 0 Å². The molecule has 1 saturated heterocycles. The van der Waals surface area contributed by atoms with Crippen LogP contribution in [0, 0.1) is 5.92 Å². The minimum atomic E-state index is -1.09. The van der Waals surface area contributed by atoms with Crippen LogP contribution in [0.2, 0.25) is 0 Å². The summed E-state index contributed by atoms with van der Waals surface area (Å²) in [6.07, 6.45) is 0.103. The number of carbonyl (C=O) groups is 3. The number of nitrogens with zero attached hydrogens (tertiary/aromatic N) is 2. The molecule has 1 heterocycles. The van der Waals surface area contributed by atoms with E-state index >= 15 is 0 Å². The first kappa shape index (κ1) is 17.0. The van der Waals surface area contributed by atoms with Crippen molar-refractivity contribution < 1.29 is 24.2 Å². The number of benzene rings is 1. The summed E-state index contributed by atoms with van der Waals surface area (Å²) in [6.45, 7) is 0.711. The molecular formula is C16H20N2O5. The summed E-state index contributed by atoms with van der Waals surface area (Å²) in [6, 6.07) is 8.63. The van der Waals surface area contributed by atoms with E-state index in [4.69, 9.17) is 9.84 Å². The second-order valence-electron chi connectivity index (χ2n) is 5.39. The largest absolute Gasteiger partial charge is 0.480 e. The van der Waals surface area contributed by atoms with E-state index in [1.807, 2.05) is 0 Å². The summed E-state index contributed by atoms with van der Waals surface area (Å²) in [5, 5.41) is 9.07. The Labute approximate surface area is 134 Å². The highest BCUT2D eigenvalue weighted by Crippen LogP contribution is 2.23. The Kier molecular flexibility index (Phi) is 5.70.